The van der Waals surface area contributed by atoms with Crippen LogP contribution in [0.2, 0.25) is 0 Å². The van der Waals surface area contributed by atoms with E-state index in [9.17, 15) is 4.79 Å². The Morgan fingerprint density at radius 1 is 1.05 bits per heavy atom. The fourth-order valence-electron chi connectivity index (χ4n) is 1.82. The molecule has 0 saturated heterocycles. The first-order chi connectivity index (χ1) is 9.69. The number of anilines is 1. The first kappa shape index (κ1) is 13.6. The van der Waals surface area contributed by atoms with Crippen LogP contribution in [0.4, 0.5) is 5.69 Å². The van der Waals surface area contributed by atoms with Crippen molar-refractivity contribution in [2.45, 2.75) is 13.0 Å². The predicted octanol–water partition coefficient (Wildman–Crippen LogP) is 2.46. The van der Waals surface area contributed by atoms with Gasteiger partial charge in [-0.3, -0.25) is 4.79 Å². The van der Waals surface area contributed by atoms with Gasteiger partial charge in [-0.25, -0.2) is 0 Å². The van der Waals surface area contributed by atoms with Gasteiger partial charge in [0.1, 0.15) is 0 Å². The molecule has 4 nitrogen and oxygen atoms in total. The first-order valence-corrected chi connectivity index (χ1v) is 6.27. The van der Waals surface area contributed by atoms with E-state index < -0.39 is 5.91 Å². The van der Waals surface area contributed by atoms with Crippen molar-refractivity contribution in [2.24, 2.45) is 5.73 Å². The van der Waals surface area contributed by atoms with Gasteiger partial charge in [-0.15, -0.1) is 0 Å². The summed E-state index contributed by atoms with van der Waals surface area (Å²) in [5, 5.41) is 11.9. The van der Waals surface area contributed by atoms with Crippen molar-refractivity contribution in [3.63, 3.8) is 0 Å². The van der Waals surface area contributed by atoms with Gasteiger partial charge in [0.05, 0.1) is 12.5 Å². The third kappa shape index (κ3) is 3.59. The zero-order valence-corrected chi connectivity index (χ0v) is 11.0. The number of carbonyl (C=O) groups excluding carboxylic acids is 1. The molecule has 3 N–H and O–H groups in total. The maximum Gasteiger partial charge on any atom is 0.248 e. The predicted molar refractivity (Wildman–Crippen MR) is 78.0 cm³/mol. The van der Waals surface area contributed by atoms with E-state index in [2.05, 4.69) is 11.4 Å². The van der Waals surface area contributed by atoms with Gasteiger partial charge in [0, 0.05) is 17.8 Å². The monoisotopic (exact) mass is 265 g/mol. The number of nitrogens with two attached hydrogens (primary N) is 1. The molecule has 0 spiro atoms. The third-order valence-corrected chi connectivity index (χ3v) is 2.97. The largest absolute Gasteiger partial charge is 0.381 e. The molecule has 4 heteroatoms. The number of carbonyl (C=O) groups is 1. The van der Waals surface area contributed by atoms with Crippen molar-refractivity contribution in [1.29, 1.82) is 5.26 Å². The molecule has 0 bridgehead atoms. The second-order valence-electron chi connectivity index (χ2n) is 4.45. The number of rotatable bonds is 5. The van der Waals surface area contributed by atoms with Crippen molar-refractivity contribution in [1.82, 2.24) is 0 Å². The number of hydrogen-bond donors (Lipinski definition) is 2. The van der Waals surface area contributed by atoms with E-state index in [1.165, 1.54) is 0 Å². The summed E-state index contributed by atoms with van der Waals surface area (Å²) in [4.78, 5) is 11.0. The topological polar surface area (TPSA) is 78.9 Å². The van der Waals surface area contributed by atoms with E-state index in [1.54, 1.807) is 12.1 Å². The smallest absolute Gasteiger partial charge is 0.248 e. The van der Waals surface area contributed by atoms with Gasteiger partial charge in [0.15, 0.2) is 0 Å². The summed E-state index contributed by atoms with van der Waals surface area (Å²) in [6.45, 7) is 0.663. The third-order valence-electron chi connectivity index (χ3n) is 2.97. The van der Waals surface area contributed by atoms with Crippen molar-refractivity contribution in [2.75, 3.05) is 5.32 Å². The number of nitriles is 1. The molecule has 2 aromatic carbocycles. The van der Waals surface area contributed by atoms with Gasteiger partial charge in [-0.05, 0) is 35.4 Å². The normalized spacial score (nSPS) is 9.75. The molecule has 0 aromatic heterocycles. The molecule has 0 aliphatic heterocycles. The molecule has 0 radical (unpaired) electrons. The van der Waals surface area contributed by atoms with Crippen molar-refractivity contribution < 1.29 is 4.79 Å². The molecule has 0 saturated carbocycles. The van der Waals surface area contributed by atoms with Crippen molar-refractivity contribution in [3.05, 3.63) is 65.2 Å². The average molecular weight is 265 g/mol. The molecule has 0 atom stereocenters. The second-order valence-corrected chi connectivity index (χ2v) is 4.45. The van der Waals surface area contributed by atoms with Gasteiger partial charge in [0.2, 0.25) is 5.91 Å². The van der Waals surface area contributed by atoms with Crippen LogP contribution in [0, 0.1) is 11.3 Å². The molecule has 1 amide bonds. The lowest BCUT2D eigenvalue weighted by Crippen LogP contribution is -2.10. The maximum absolute atomic E-state index is 11.0. The SMILES string of the molecule is N#CCc1ccc(NCc2ccc(C(N)=O)cc2)cc1. The second kappa shape index (κ2) is 6.39. The lowest BCUT2D eigenvalue weighted by atomic mass is 10.1. The van der Waals surface area contributed by atoms with E-state index in [0.29, 0.717) is 18.5 Å². The quantitative estimate of drug-likeness (QED) is 0.871. The Hall–Kier alpha value is -2.80. The Bertz CT molecular complexity index is 624. The van der Waals surface area contributed by atoms with Crippen LogP contribution < -0.4 is 11.1 Å². The zero-order chi connectivity index (χ0) is 14.4. The number of benzene rings is 2. The zero-order valence-electron chi connectivity index (χ0n) is 11.0. The summed E-state index contributed by atoms with van der Waals surface area (Å²) in [6, 6.07) is 17.1. The Kier molecular flexibility index (Phi) is 4.35. The Morgan fingerprint density at radius 2 is 1.65 bits per heavy atom. The Labute approximate surface area is 117 Å². The highest BCUT2D eigenvalue weighted by molar-refractivity contribution is 5.92. The van der Waals surface area contributed by atoms with Gasteiger partial charge in [-0.2, -0.15) is 5.26 Å². The number of nitrogens with zero attached hydrogens (tertiary/aromatic N) is 1. The molecule has 100 valence electrons. The van der Waals surface area contributed by atoms with Gasteiger partial charge in [0.25, 0.3) is 0 Å². The van der Waals surface area contributed by atoms with E-state index in [4.69, 9.17) is 11.0 Å². The Morgan fingerprint density at radius 3 is 2.20 bits per heavy atom. The number of nitrogens with one attached hydrogen (secondary N) is 1. The minimum Gasteiger partial charge on any atom is -0.381 e. The van der Waals surface area contributed by atoms with Crippen LogP contribution in [0.25, 0.3) is 0 Å². The highest BCUT2D eigenvalue weighted by Gasteiger charge is 2.00. The summed E-state index contributed by atoms with van der Waals surface area (Å²) in [5.41, 5.74) is 8.76. The van der Waals surface area contributed by atoms with E-state index in [-0.39, 0.29) is 0 Å². The van der Waals surface area contributed by atoms with Crippen LogP contribution in [0.5, 0.6) is 0 Å². The van der Waals surface area contributed by atoms with Crippen molar-refractivity contribution >= 4 is 11.6 Å². The molecule has 2 aromatic rings. The first-order valence-electron chi connectivity index (χ1n) is 6.27. The number of primary amides is 1. The fourth-order valence-corrected chi connectivity index (χ4v) is 1.82. The van der Waals surface area contributed by atoms with E-state index in [0.717, 1.165) is 16.8 Å². The lowest BCUT2D eigenvalue weighted by Gasteiger charge is -2.07. The summed E-state index contributed by atoms with van der Waals surface area (Å²) in [6.07, 6.45) is 0.425. The van der Waals surface area contributed by atoms with Crippen LogP contribution in [0.1, 0.15) is 21.5 Å². The summed E-state index contributed by atoms with van der Waals surface area (Å²) < 4.78 is 0. The van der Waals surface area contributed by atoms with Crippen LogP contribution in [0.15, 0.2) is 48.5 Å². The van der Waals surface area contributed by atoms with E-state index >= 15 is 0 Å². The standard InChI is InChI=1S/C16H15N3O/c17-10-9-12-3-7-15(8-4-12)19-11-13-1-5-14(6-2-13)16(18)20/h1-8,19H,9,11H2,(H2,18,20). The molecular weight excluding hydrogens is 250 g/mol. The molecule has 0 aliphatic carbocycles. The van der Waals surface area contributed by atoms with Crippen LogP contribution in [0.3, 0.4) is 0 Å². The minimum absolute atomic E-state index is 0.419. The summed E-state index contributed by atoms with van der Waals surface area (Å²) >= 11 is 0. The van der Waals surface area contributed by atoms with Crippen LogP contribution in [-0.4, -0.2) is 5.91 Å². The lowest BCUT2D eigenvalue weighted by molar-refractivity contribution is 0.100. The van der Waals surface area contributed by atoms with Crippen molar-refractivity contribution in [3.8, 4) is 6.07 Å². The van der Waals surface area contributed by atoms with Crippen LogP contribution >= 0.6 is 0 Å². The maximum atomic E-state index is 11.0. The number of amides is 1. The molecule has 0 aliphatic rings. The highest BCUT2D eigenvalue weighted by Crippen LogP contribution is 2.12. The Balaban J connectivity index is 1.94. The van der Waals surface area contributed by atoms with Crippen LogP contribution in [-0.2, 0) is 13.0 Å². The molecular formula is C16H15N3O. The van der Waals surface area contributed by atoms with Gasteiger partial charge < -0.3 is 11.1 Å². The molecule has 0 fully saturated rings. The molecule has 20 heavy (non-hydrogen) atoms. The molecule has 0 unspecified atom stereocenters. The van der Waals surface area contributed by atoms with Gasteiger partial charge in [-0.1, -0.05) is 24.3 Å². The molecule has 2 rings (SSSR count). The summed E-state index contributed by atoms with van der Waals surface area (Å²) in [5.74, 6) is -0.419. The minimum atomic E-state index is -0.419. The number of hydrogen-bond acceptors (Lipinski definition) is 3. The van der Waals surface area contributed by atoms with Gasteiger partial charge >= 0.3 is 0 Å². The fraction of sp³-hybridized carbons (Fsp3) is 0.125. The van der Waals surface area contributed by atoms with E-state index in [1.807, 2.05) is 36.4 Å². The summed E-state index contributed by atoms with van der Waals surface area (Å²) in [7, 11) is 0. The average Bonchev–Trinajstić information content (AvgIpc) is 2.47. The molecule has 0 heterocycles. The highest BCUT2D eigenvalue weighted by atomic mass is 16.1.